The number of nitrogens with zero attached hydrogens (tertiary/aromatic N) is 1. The van der Waals surface area contributed by atoms with E-state index < -0.39 is 10.0 Å². The number of hydrogen-bond acceptors (Lipinski definition) is 4. The average molecular weight is 311 g/mol. The van der Waals surface area contributed by atoms with Crippen LogP contribution in [0.15, 0.2) is 29.2 Å². The number of amides is 1. The normalized spacial score (nSPS) is 21.2. The van der Waals surface area contributed by atoms with E-state index in [1.807, 2.05) is 6.92 Å². The lowest BCUT2D eigenvalue weighted by Crippen LogP contribution is -2.33. The highest BCUT2D eigenvalue weighted by atomic mass is 32.2. The minimum Gasteiger partial charge on any atom is -0.355 e. The standard InChI is InChI=1S/C14H21N3O3S/c1-10(15)12-7-8-17(9-12)21(19,20)13-5-3-11(4-6-13)14(18)16-2/h3-6,10,12H,7-9,15H2,1-2H3,(H,16,18). The molecule has 6 nitrogen and oxygen atoms in total. The third kappa shape index (κ3) is 3.25. The third-order valence-electron chi connectivity index (χ3n) is 3.91. The van der Waals surface area contributed by atoms with Crippen LogP contribution >= 0.6 is 0 Å². The van der Waals surface area contributed by atoms with Crippen LogP contribution in [0.2, 0.25) is 0 Å². The van der Waals surface area contributed by atoms with E-state index in [0.29, 0.717) is 18.7 Å². The summed E-state index contributed by atoms with van der Waals surface area (Å²) in [5.41, 5.74) is 6.28. The summed E-state index contributed by atoms with van der Waals surface area (Å²) < 4.78 is 26.5. The molecule has 1 aliphatic heterocycles. The molecule has 0 spiro atoms. The Balaban J connectivity index is 2.19. The largest absolute Gasteiger partial charge is 0.355 e. The van der Waals surface area contributed by atoms with Gasteiger partial charge in [-0.05, 0) is 43.5 Å². The Bertz CT molecular complexity index is 611. The van der Waals surface area contributed by atoms with Crippen molar-refractivity contribution in [1.29, 1.82) is 0 Å². The maximum atomic E-state index is 12.5. The summed E-state index contributed by atoms with van der Waals surface area (Å²) in [6, 6.07) is 5.97. The van der Waals surface area contributed by atoms with E-state index in [-0.39, 0.29) is 22.8 Å². The Labute approximate surface area is 125 Å². The van der Waals surface area contributed by atoms with E-state index in [2.05, 4.69) is 5.32 Å². The van der Waals surface area contributed by atoms with Crippen LogP contribution in [-0.4, -0.2) is 44.8 Å². The molecule has 1 aliphatic rings. The lowest BCUT2D eigenvalue weighted by Gasteiger charge is -2.18. The molecule has 21 heavy (non-hydrogen) atoms. The van der Waals surface area contributed by atoms with E-state index in [0.717, 1.165) is 6.42 Å². The second kappa shape index (κ2) is 6.13. The van der Waals surface area contributed by atoms with Crippen LogP contribution in [0.25, 0.3) is 0 Å². The lowest BCUT2D eigenvalue weighted by atomic mass is 10.0. The number of nitrogens with one attached hydrogen (secondary N) is 1. The van der Waals surface area contributed by atoms with E-state index in [4.69, 9.17) is 5.73 Å². The van der Waals surface area contributed by atoms with Crippen LogP contribution < -0.4 is 11.1 Å². The number of nitrogens with two attached hydrogens (primary N) is 1. The maximum absolute atomic E-state index is 12.5. The van der Waals surface area contributed by atoms with Gasteiger partial charge in [-0.2, -0.15) is 4.31 Å². The second-order valence-corrected chi connectivity index (χ2v) is 7.31. The monoisotopic (exact) mass is 311 g/mol. The van der Waals surface area contributed by atoms with Gasteiger partial charge in [-0.3, -0.25) is 4.79 Å². The van der Waals surface area contributed by atoms with E-state index in [1.54, 1.807) is 0 Å². The molecule has 0 saturated carbocycles. The molecule has 1 fully saturated rings. The van der Waals surface area contributed by atoms with Crippen molar-refractivity contribution in [2.24, 2.45) is 11.7 Å². The molecule has 116 valence electrons. The molecular formula is C14H21N3O3S. The number of hydrogen-bond donors (Lipinski definition) is 2. The van der Waals surface area contributed by atoms with Crippen molar-refractivity contribution in [2.75, 3.05) is 20.1 Å². The van der Waals surface area contributed by atoms with Gasteiger partial charge in [0.1, 0.15) is 0 Å². The summed E-state index contributed by atoms with van der Waals surface area (Å²) in [5.74, 6) is -0.0398. The summed E-state index contributed by atoms with van der Waals surface area (Å²) in [7, 11) is -1.98. The average Bonchev–Trinajstić information content (AvgIpc) is 2.97. The number of sulfonamides is 1. The Kier molecular flexibility index (Phi) is 4.65. The molecule has 0 bridgehead atoms. The highest BCUT2D eigenvalue weighted by Gasteiger charge is 2.33. The highest BCUT2D eigenvalue weighted by Crippen LogP contribution is 2.25. The van der Waals surface area contributed by atoms with Crippen molar-refractivity contribution >= 4 is 15.9 Å². The number of benzene rings is 1. The second-order valence-electron chi connectivity index (χ2n) is 5.37. The Morgan fingerprint density at radius 2 is 2.00 bits per heavy atom. The molecule has 0 aromatic heterocycles. The molecule has 1 amide bonds. The first-order chi connectivity index (χ1) is 9.86. The van der Waals surface area contributed by atoms with Crippen molar-refractivity contribution in [2.45, 2.75) is 24.3 Å². The van der Waals surface area contributed by atoms with Crippen molar-refractivity contribution < 1.29 is 13.2 Å². The highest BCUT2D eigenvalue weighted by molar-refractivity contribution is 7.89. The zero-order chi connectivity index (χ0) is 15.6. The summed E-state index contributed by atoms with van der Waals surface area (Å²) in [6.07, 6.45) is 0.785. The number of rotatable bonds is 4. The van der Waals surface area contributed by atoms with Gasteiger partial charge in [0.2, 0.25) is 10.0 Å². The van der Waals surface area contributed by atoms with Crippen molar-refractivity contribution in [1.82, 2.24) is 9.62 Å². The van der Waals surface area contributed by atoms with Gasteiger partial charge in [0.25, 0.3) is 5.91 Å². The fourth-order valence-electron chi connectivity index (χ4n) is 2.47. The molecule has 2 unspecified atom stereocenters. The van der Waals surface area contributed by atoms with Gasteiger partial charge in [0.05, 0.1) is 4.90 Å². The van der Waals surface area contributed by atoms with Gasteiger partial charge >= 0.3 is 0 Å². The predicted octanol–water partition coefficient (Wildman–Crippen LogP) is 0.404. The van der Waals surface area contributed by atoms with Gasteiger partial charge in [-0.25, -0.2) is 8.42 Å². The predicted molar refractivity (Wildman–Crippen MR) is 80.3 cm³/mol. The molecule has 1 saturated heterocycles. The Hall–Kier alpha value is -1.44. The third-order valence-corrected chi connectivity index (χ3v) is 5.79. The molecule has 0 aliphatic carbocycles. The van der Waals surface area contributed by atoms with Gasteiger partial charge in [-0.1, -0.05) is 0 Å². The zero-order valence-corrected chi connectivity index (χ0v) is 13.1. The van der Waals surface area contributed by atoms with E-state index in [1.165, 1.54) is 35.6 Å². The van der Waals surface area contributed by atoms with Crippen molar-refractivity contribution in [3.8, 4) is 0 Å². The van der Waals surface area contributed by atoms with Crippen LogP contribution in [0, 0.1) is 5.92 Å². The quantitative estimate of drug-likeness (QED) is 0.842. The molecule has 1 aromatic carbocycles. The first-order valence-corrected chi connectivity index (χ1v) is 8.38. The Morgan fingerprint density at radius 1 is 1.38 bits per heavy atom. The first kappa shape index (κ1) is 15.9. The number of carbonyl (C=O) groups excluding carboxylic acids is 1. The summed E-state index contributed by atoms with van der Waals surface area (Å²) in [5, 5.41) is 2.50. The van der Waals surface area contributed by atoms with Crippen LogP contribution in [0.1, 0.15) is 23.7 Å². The Morgan fingerprint density at radius 3 is 2.48 bits per heavy atom. The van der Waals surface area contributed by atoms with Gasteiger partial charge in [-0.15, -0.1) is 0 Å². The summed E-state index contributed by atoms with van der Waals surface area (Å²) in [4.78, 5) is 11.7. The van der Waals surface area contributed by atoms with Crippen molar-refractivity contribution in [3.63, 3.8) is 0 Å². The molecule has 1 heterocycles. The molecule has 1 aromatic rings. The molecule has 7 heteroatoms. The van der Waals surface area contributed by atoms with Crippen LogP contribution in [0.4, 0.5) is 0 Å². The van der Waals surface area contributed by atoms with E-state index >= 15 is 0 Å². The topological polar surface area (TPSA) is 92.5 Å². The lowest BCUT2D eigenvalue weighted by molar-refractivity contribution is 0.0963. The maximum Gasteiger partial charge on any atom is 0.251 e. The summed E-state index contributed by atoms with van der Waals surface area (Å²) in [6.45, 7) is 2.85. The molecule has 3 N–H and O–H groups in total. The van der Waals surface area contributed by atoms with Gasteiger partial charge in [0, 0.05) is 31.7 Å². The molecule has 0 radical (unpaired) electrons. The van der Waals surface area contributed by atoms with Crippen LogP contribution in [0.5, 0.6) is 0 Å². The number of carbonyl (C=O) groups is 1. The van der Waals surface area contributed by atoms with Gasteiger partial charge in [0.15, 0.2) is 0 Å². The first-order valence-electron chi connectivity index (χ1n) is 6.94. The fourth-order valence-corrected chi connectivity index (χ4v) is 3.98. The fraction of sp³-hybridized carbons (Fsp3) is 0.500. The van der Waals surface area contributed by atoms with Gasteiger partial charge < -0.3 is 11.1 Å². The molecular weight excluding hydrogens is 290 g/mol. The smallest absolute Gasteiger partial charge is 0.251 e. The SMILES string of the molecule is CNC(=O)c1ccc(S(=O)(=O)N2CCC(C(C)N)C2)cc1. The van der Waals surface area contributed by atoms with Crippen LogP contribution in [0.3, 0.4) is 0 Å². The summed E-state index contributed by atoms with van der Waals surface area (Å²) >= 11 is 0. The minimum atomic E-state index is -3.51. The minimum absolute atomic E-state index is 0.0131. The zero-order valence-electron chi connectivity index (χ0n) is 12.2. The van der Waals surface area contributed by atoms with Crippen molar-refractivity contribution in [3.05, 3.63) is 29.8 Å². The van der Waals surface area contributed by atoms with Crippen LogP contribution in [-0.2, 0) is 10.0 Å². The van der Waals surface area contributed by atoms with E-state index in [9.17, 15) is 13.2 Å². The molecule has 2 atom stereocenters. The molecule has 2 rings (SSSR count).